The van der Waals surface area contributed by atoms with Gasteiger partial charge in [0, 0.05) is 12.1 Å². The maximum absolute atomic E-state index is 13.6. The average molecular weight is 482 g/mol. The number of hydrogen-bond donors (Lipinski definition) is 0. The molecule has 0 spiro atoms. The van der Waals surface area contributed by atoms with Crippen LogP contribution in [-0.4, -0.2) is 0 Å². The van der Waals surface area contributed by atoms with Gasteiger partial charge in [-0.25, -0.2) is 8.78 Å². The van der Waals surface area contributed by atoms with E-state index in [1.54, 1.807) is 84.9 Å². The summed E-state index contributed by atoms with van der Waals surface area (Å²) in [6.45, 7) is 0. The van der Waals surface area contributed by atoms with E-state index in [-0.39, 0.29) is 0 Å². The van der Waals surface area contributed by atoms with E-state index in [2.05, 4.69) is 0 Å². The van der Waals surface area contributed by atoms with Crippen molar-refractivity contribution in [1.29, 1.82) is 0 Å². The highest BCUT2D eigenvalue weighted by Gasteiger charge is 2.14. The third kappa shape index (κ3) is 5.62. The number of benzene rings is 5. The maximum atomic E-state index is 13.6. The van der Waals surface area contributed by atoms with E-state index < -0.39 is 11.6 Å². The lowest BCUT2D eigenvalue weighted by molar-refractivity contribution is 0.381. The van der Waals surface area contributed by atoms with Crippen LogP contribution >= 0.6 is 0 Å². The molecule has 0 bridgehead atoms. The Labute approximate surface area is 206 Å². The molecular formula is C30H20F2O4. The SMILES string of the molecule is Fc1cccc(Oc2ccccc2Oc2ccccc2Oc2ccccc2Oc2cccc(F)c2)c1. The summed E-state index contributed by atoms with van der Waals surface area (Å²) in [7, 11) is 0. The van der Waals surface area contributed by atoms with Gasteiger partial charge < -0.3 is 18.9 Å². The molecular weight excluding hydrogens is 462 g/mol. The quantitative estimate of drug-likeness (QED) is 0.221. The third-order valence-corrected chi connectivity index (χ3v) is 5.04. The van der Waals surface area contributed by atoms with Gasteiger partial charge in [0.1, 0.15) is 23.1 Å². The molecule has 6 heteroatoms. The Kier molecular flexibility index (Phi) is 6.76. The molecule has 0 fully saturated rings. The van der Waals surface area contributed by atoms with Crippen LogP contribution in [0.5, 0.6) is 46.0 Å². The van der Waals surface area contributed by atoms with E-state index in [0.29, 0.717) is 46.0 Å². The van der Waals surface area contributed by atoms with Crippen molar-refractivity contribution in [2.75, 3.05) is 0 Å². The van der Waals surface area contributed by atoms with Crippen LogP contribution < -0.4 is 18.9 Å². The van der Waals surface area contributed by atoms with E-state index in [1.165, 1.54) is 24.3 Å². The van der Waals surface area contributed by atoms with Crippen LogP contribution in [0.1, 0.15) is 0 Å². The molecule has 0 N–H and O–H groups in total. The minimum Gasteiger partial charge on any atom is -0.453 e. The first-order valence-electron chi connectivity index (χ1n) is 11.1. The first-order chi connectivity index (χ1) is 17.6. The van der Waals surface area contributed by atoms with Crippen molar-refractivity contribution in [3.05, 3.63) is 133 Å². The summed E-state index contributed by atoms with van der Waals surface area (Å²) in [5.41, 5.74) is 0. The summed E-state index contributed by atoms with van der Waals surface area (Å²) < 4.78 is 51.3. The molecule has 178 valence electrons. The molecule has 0 aromatic heterocycles. The van der Waals surface area contributed by atoms with Crippen molar-refractivity contribution in [2.45, 2.75) is 0 Å². The Hall–Kier alpha value is -4.84. The second-order valence-electron chi connectivity index (χ2n) is 7.66. The minimum absolute atomic E-state index is 0.346. The summed E-state index contributed by atoms with van der Waals surface area (Å²) in [4.78, 5) is 0. The summed E-state index contributed by atoms with van der Waals surface area (Å²) in [6, 6.07) is 33.0. The molecule has 0 heterocycles. The Balaban J connectivity index is 1.40. The van der Waals surface area contributed by atoms with Crippen LogP contribution in [0.15, 0.2) is 121 Å². The van der Waals surface area contributed by atoms with Crippen LogP contribution in [0.3, 0.4) is 0 Å². The smallest absolute Gasteiger partial charge is 0.170 e. The second-order valence-corrected chi connectivity index (χ2v) is 7.66. The topological polar surface area (TPSA) is 36.9 Å². The molecule has 0 aliphatic heterocycles. The fourth-order valence-electron chi connectivity index (χ4n) is 3.41. The highest BCUT2D eigenvalue weighted by atomic mass is 19.1. The number of ether oxygens (including phenoxy) is 4. The van der Waals surface area contributed by atoms with Gasteiger partial charge in [0.2, 0.25) is 0 Å². The second kappa shape index (κ2) is 10.6. The summed E-state index contributed by atoms with van der Waals surface area (Å²) in [5, 5.41) is 0. The lowest BCUT2D eigenvalue weighted by atomic mass is 10.2. The normalized spacial score (nSPS) is 10.5. The van der Waals surface area contributed by atoms with E-state index in [4.69, 9.17) is 18.9 Å². The van der Waals surface area contributed by atoms with E-state index in [0.717, 1.165) is 0 Å². The molecule has 0 saturated heterocycles. The van der Waals surface area contributed by atoms with Crippen LogP contribution in [0.25, 0.3) is 0 Å². The largest absolute Gasteiger partial charge is 0.453 e. The highest BCUT2D eigenvalue weighted by molar-refractivity contribution is 5.52. The van der Waals surface area contributed by atoms with Gasteiger partial charge in [-0.15, -0.1) is 0 Å². The van der Waals surface area contributed by atoms with Crippen molar-refractivity contribution < 1.29 is 27.7 Å². The van der Waals surface area contributed by atoms with Crippen LogP contribution in [-0.2, 0) is 0 Å². The molecule has 36 heavy (non-hydrogen) atoms. The monoisotopic (exact) mass is 482 g/mol. The molecule has 0 radical (unpaired) electrons. The van der Waals surface area contributed by atoms with Gasteiger partial charge >= 0.3 is 0 Å². The summed E-state index contributed by atoms with van der Waals surface area (Å²) >= 11 is 0. The van der Waals surface area contributed by atoms with Gasteiger partial charge in [-0.2, -0.15) is 0 Å². The van der Waals surface area contributed by atoms with Gasteiger partial charge in [0.05, 0.1) is 0 Å². The molecule has 4 nitrogen and oxygen atoms in total. The zero-order valence-electron chi connectivity index (χ0n) is 18.9. The Morgan fingerprint density at radius 3 is 0.944 bits per heavy atom. The summed E-state index contributed by atoms with van der Waals surface area (Å²) in [5.74, 6) is 2.40. The van der Waals surface area contributed by atoms with Crippen LogP contribution in [0, 0.1) is 11.6 Å². The number of rotatable bonds is 8. The zero-order chi connectivity index (χ0) is 24.7. The van der Waals surface area contributed by atoms with Crippen molar-refractivity contribution >= 4 is 0 Å². The zero-order valence-corrected chi connectivity index (χ0v) is 18.9. The molecule has 0 atom stereocenters. The van der Waals surface area contributed by atoms with Gasteiger partial charge in [0.25, 0.3) is 0 Å². The Morgan fingerprint density at radius 2 is 0.639 bits per heavy atom. The van der Waals surface area contributed by atoms with Crippen molar-refractivity contribution in [1.82, 2.24) is 0 Å². The predicted molar refractivity (Wildman–Crippen MR) is 132 cm³/mol. The van der Waals surface area contributed by atoms with Crippen molar-refractivity contribution in [2.24, 2.45) is 0 Å². The summed E-state index contributed by atoms with van der Waals surface area (Å²) in [6.07, 6.45) is 0. The number of hydrogen-bond acceptors (Lipinski definition) is 4. The van der Waals surface area contributed by atoms with Crippen molar-refractivity contribution in [3.63, 3.8) is 0 Å². The predicted octanol–water partition coefficient (Wildman–Crippen LogP) is 9.13. The Morgan fingerprint density at radius 1 is 0.333 bits per heavy atom. The van der Waals surface area contributed by atoms with E-state index in [1.807, 2.05) is 12.1 Å². The van der Waals surface area contributed by atoms with Gasteiger partial charge in [-0.05, 0) is 60.7 Å². The van der Waals surface area contributed by atoms with Gasteiger partial charge in [-0.3, -0.25) is 0 Å². The molecule has 0 unspecified atom stereocenters. The molecule has 0 saturated carbocycles. The fourth-order valence-corrected chi connectivity index (χ4v) is 3.41. The van der Waals surface area contributed by atoms with Gasteiger partial charge in [-0.1, -0.05) is 48.5 Å². The lowest BCUT2D eigenvalue weighted by Gasteiger charge is -2.16. The van der Waals surface area contributed by atoms with Crippen LogP contribution in [0.2, 0.25) is 0 Å². The lowest BCUT2D eigenvalue weighted by Crippen LogP contribution is -1.94. The number of halogens is 2. The molecule has 5 aromatic carbocycles. The van der Waals surface area contributed by atoms with Crippen molar-refractivity contribution in [3.8, 4) is 46.0 Å². The first kappa shape index (κ1) is 22.9. The minimum atomic E-state index is -0.399. The highest BCUT2D eigenvalue weighted by Crippen LogP contribution is 2.42. The molecule has 0 aliphatic rings. The van der Waals surface area contributed by atoms with Crippen LogP contribution in [0.4, 0.5) is 8.78 Å². The van der Waals surface area contributed by atoms with E-state index in [9.17, 15) is 8.78 Å². The Bertz CT molecular complexity index is 1370. The standard InChI is InChI=1S/C30H20F2O4/c31-21-9-7-11-23(19-21)33-25-13-1-3-15-27(25)35-29-17-5-6-18-30(29)36-28-16-4-2-14-26(28)34-24-12-8-10-22(32)20-24/h1-20H. The molecule has 0 aliphatic carbocycles. The molecule has 5 aromatic rings. The maximum Gasteiger partial charge on any atom is 0.170 e. The first-order valence-corrected chi connectivity index (χ1v) is 11.1. The molecule has 0 amide bonds. The molecule has 5 rings (SSSR count). The third-order valence-electron chi connectivity index (χ3n) is 5.04. The van der Waals surface area contributed by atoms with E-state index >= 15 is 0 Å². The number of para-hydroxylation sites is 6. The average Bonchev–Trinajstić information content (AvgIpc) is 2.88. The van der Waals surface area contributed by atoms with Gasteiger partial charge in [0.15, 0.2) is 34.5 Å². The fraction of sp³-hybridized carbons (Fsp3) is 0.